The minimum absolute atomic E-state index is 0.102. The number of aromatic amines is 1. The molecular formula is C26H24F9N3O3. The molecule has 15 heteroatoms. The maximum absolute atomic E-state index is 12.7. The van der Waals surface area contributed by atoms with Crippen molar-refractivity contribution in [1.82, 2.24) is 10.3 Å². The molecule has 3 rings (SSSR count). The van der Waals surface area contributed by atoms with Crippen molar-refractivity contribution in [3.8, 4) is 0 Å². The number of para-hydroxylation sites is 1. The number of hydrogen-bond acceptors (Lipinski definition) is 4. The van der Waals surface area contributed by atoms with Crippen LogP contribution in [0.4, 0.5) is 45.2 Å². The number of amides is 1. The number of benzene rings is 2. The highest BCUT2D eigenvalue weighted by molar-refractivity contribution is 6.41. The van der Waals surface area contributed by atoms with Crippen LogP contribution in [0.2, 0.25) is 0 Å². The molecule has 0 fully saturated rings. The summed E-state index contributed by atoms with van der Waals surface area (Å²) in [5.74, 6) is -6.75. The number of aromatic nitrogens is 1. The molecule has 224 valence electrons. The molecule has 3 N–H and O–H groups in total. The van der Waals surface area contributed by atoms with E-state index in [9.17, 15) is 53.9 Å². The number of Topliss-reactive ketones (excluding diaryl/α,β-unsaturated/α-hetero) is 2. The van der Waals surface area contributed by atoms with Crippen molar-refractivity contribution >= 4 is 34.1 Å². The van der Waals surface area contributed by atoms with Crippen molar-refractivity contribution in [1.29, 1.82) is 0 Å². The van der Waals surface area contributed by atoms with Gasteiger partial charge in [-0.3, -0.25) is 14.4 Å². The number of hydrogen-bond donors (Lipinski definition) is 3. The molecule has 1 aromatic heterocycles. The van der Waals surface area contributed by atoms with Crippen LogP contribution in [0.25, 0.3) is 10.9 Å². The fourth-order valence-corrected chi connectivity index (χ4v) is 3.42. The third kappa shape index (κ3) is 9.83. The fourth-order valence-electron chi connectivity index (χ4n) is 3.42. The summed E-state index contributed by atoms with van der Waals surface area (Å²) in [5, 5.41) is 7.16. The molecule has 1 atom stereocenters. The van der Waals surface area contributed by atoms with Crippen LogP contribution in [0.5, 0.6) is 0 Å². The van der Waals surface area contributed by atoms with Gasteiger partial charge in [-0.25, -0.2) is 0 Å². The zero-order valence-electron chi connectivity index (χ0n) is 21.4. The second-order valence-electron chi connectivity index (χ2n) is 9.06. The minimum atomic E-state index is -5.77. The maximum atomic E-state index is 12.7. The summed E-state index contributed by atoms with van der Waals surface area (Å²) in [5.41, 5.74) is 1.81. The molecule has 1 amide bonds. The Balaban J connectivity index is 0.000000415. The molecule has 0 spiro atoms. The third-order valence-corrected chi connectivity index (χ3v) is 5.64. The van der Waals surface area contributed by atoms with Gasteiger partial charge in [0.1, 0.15) is 0 Å². The average Bonchev–Trinajstić information content (AvgIpc) is 3.27. The predicted molar refractivity (Wildman–Crippen MR) is 131 cm³/mol. The smallest absolute Gasteiger partial charge is 0.380 e. The van der Waals surface area contributed by atoms with E-state index < -0.39 is 35.7 Å². The van der Waals surface area contributed by atoms with Gasteiger partial charge < -0.3 is 15.6 Å². The normalized spacial score (nSPS) is 12.9. The van der Waals surface area contributed by atoms with Crippen LogP contribution < -0.4 is 10.6 Å². The van der Waals surface area contributed by atoms with E-state index in [-0.39, 0.29) is 24.3 Å². The Morgan fingerprint density at radius 3 is 1.83 bits per heavy atom. The summed E-state index contributed by atoms with van der Waals surface area (Å²) in [4.78, 5) is 34.8. The molecule has 6 nitrogen and oxygen atoms in total. The van der Waals surface area contributed by atoms with Crippen molar-refractivity contribution in [2.75, 3.05) is 11.9 Å². The van der Waals surface area contributed by atoms with Crippen LogP contribution in [0.3, 0.4) is 0 Å². The molecule has 0 aliphatic rings. The van der Waals surface area contributed by atoms with Gasteiger partial charge in [-0.1, -0.05) is 32.0 Å². The lowest BCUT2D eigenvalue weighted by atomic mass is 10.0. The van der Waals surface area contributed by atoms with Gasteiger partial charge in [-0.05, 0) is 41.8 Å². The monoisotopic (exact) mass is 597 g/mol. The Morgan fingerprint density at radius 2 is 1.34 bits per heavy atom. The fraction of sp³-hybridized carbons (Fsp3) is 0.346. The van der Waals surface area contributed by atoms with E-state index in [1.54, 1.807) is 0 Å². The zero-order valence-corrected chi connectivity index (χ0v) is 21.4. The molecule has 41 heavy (non-hydrogen) atoms. The Morgan fingerprint density at radius 1 is 0.805 bits per heavy atom. The van der Waals surface area contributed by atoms with E-state index in [0.29, 0.717) is 12.2 Å². The summed E-state index contributed by atoms with van der Waals surface area (Å²) >= 11 is 0. The molecule has 0 aliphatic carbocycles. The second kappa shape index (κ2) is 13.1. The maximum Gasteiger partial charge on any atom is 0.458 e. The van der Waals surface area contributed by atoms with Crippen molar-refractivity contribution < 1.29 is 53.9 Å². The molecule has 0 aliphatic heterocycles. The summed E-state index contributed by atoms with van der Waals surface area (Å²) < 4.78 is 105. The highest BCUT2D eigenvalue weighted by atomic mass is 19.4. The van der Waals surface area contributed by atoms with Crippen LogP contribution in [-0.4, -0.2) is 47.4 Å². The lowest BCUT2D eigenvalue weighted by Crippen LogP contribution is -2.40. The van der Waals surface area contributed by atoms with Crippen molar-refractivity contribution in [2.24, 2.45) is 5.92 Å². The van der Waals surface area contributed by atoms with Crippen molar-refractivity contribution in [3.05, 3.63) is 65.9 Å². The molecule has 1 heterocycles. The highest BCUT2D eigenvalue weighted by Crippen LogP contribution is 2.30. The summed E-state index contributed by atoms with van der Waals surface area (Å²) in [6.45, 7) is 4.36. The molecule has 2 aromatic carbocycles. The molecule has 0 radical (unpaired) electrons. The number of nitrogens with one attached hydrogen (secondary N) is 3. The van der Waals surface area contributed by atoms with Gasteiger partial charge in [0.25, 0.3) is 0 Å². The van der Waals surface area contributed by atoms with E-state index >= 15 is 0 Å². The van der Waals surface area contributed by atoms with E-state index in [1.807, 2.05) is 44.3 Å². The summed E-state index contributed by atoms with van der Waals surface area (Å²) in [6, 6.07) is 12.6. The average molecular weight is 597 g/mol. The Labute approximate surface area is 227 Å². The first-order valence-electron chi connectivity index (χ1n) is 11.8. The number of fused-ring (bicyclic) bond motifs is 1. The number of ketones is 2. The van der Waals surface area contributed by atoms with Gasteiger partial charge in [0.15, 0.2) is 0 Å². The summed E-state index contributed by atoms with van der Waals surface area (Å²) in [6.07, 6.45) is -13.8. The Hall–Kier alpha value is -4.04. The minimum Gasteiger partial charge on any atom is -0.380 e. The van der Waals surface area contributed by atoms with Crippen LogP contribution in [0, 0.1) is 5.92 Å². The third-order valence-electron chi connectivity index (χ3n) is 5.64. The van der Waals surface area contributed by atoms with Crippen LogP contribution in [-0.2, 0) is 27.0 Å². The van der Waals surface area contributed by atoms with Gasteiger partial charge in [0, 0.05) is 35.4 Å². The topological polar surface area (TPSA) is 91.1 Å². The number of carbonyl (C=O) groups is 3. The SMILES string of the molecule is CC(C)[C@H](CNC(=O)Cc1c[nH]c2ccccc12)Nc1ccc(C(F)(F)F)cc1.O=C(C(=O)C(F)(F)F)C(F)(F)F. The van der Waals surface area contributed by atoms with Gasteiger partial charge in [-0.15, -0.1) is 0 Å². The van der Waals surface area contributed by atoms with Gasteiger partial charge in [0.2, 0.25) is 5.91 Å². The van der Waals surface area contributed by atoms with E-state index in [4.69, 9.17) is 0 Å². The van der Waals surface area contributed by atoms with Crippen molar-refractivity contribution in [3.63, 3.8) is 0 Å². The second-order valence-corrected chi connectivity index (χ2v) is 9.06. The number of H-pyrrole nitrogens is 1. The van der Waals surface area contributed by atoms with Crippen molar-refractivity contribution in [2.45, 2.75) is 44.8 Å². The zero-order chi connectivity index (χ0) is 31.2. The molecule has 0 bridgehead atoms. The Kier molecular flexibility index (Phi) is 10.6. The number of halogens is 9. The van der Waals surface area contributed by atoms with Gasteiger partial charge in [-0.2, -0.15) is 39.5 Å². The molecule has 0 saturated carbocycles. The summed E-state index contributed by atoms with van der Waals surface area (Å²) in [7, 11) is 0. The molecule has 0 saturated heterocycles. The predicted octanol–water partition coefficient (Wildman–Crippen LogP) is 6.23. The van der Waals surface area contributed by atoms with Crippen LogP contribution in [0.15, 0.2) is 54.7 Å². The number of rotatable bonds is 8. The highest BCUT2D eigenvalue weighted by Gasteiger charge is 2.54. The van der Waals surface area contributed by atoms with Gasteiger partial charge in [0.05, 0.1) is 12.0 Å². The molecule has 3 aromatic rings. The largest absolute Gasteiger partial charge is 0.458 e. The number of alkyl halides is 9. The first-order chi connectivity index (χ1) is 18.8. The van der Waals surface area contributed by atoms with Crippen LogP contribution in [0.1, 0.15) is 25.0 Å². The van der Waals surface area contributed by atoms with E-state index in [1.165, 1.54) is 12.1 Å². The quantitative estimate of drug-likeness (QED) is 0.212. The van der Waals surface area contributed by atoms with E-state index in [2.05, 4.69) is 15.6 Å². The van der Waals surface area contributed by atoms with E-state index in [0.717, 1.165) is 28.6 Å². The number of carbonyl (C=O) groups excluding carboxylic acids is 3. The van der Waals surface area contributed by atoms with Crippen LogP contribution >= 0.6 is 0 Å². The lowest BCUT2D eigenvalue weighted by Gasteiger charge is -2.24. The standard InChI is InChI=1S/C22H24F3N3O.C4F6O2/c1-14(2)20(28-17-9-7-16(8-10-17)22(23,24)25)13-27-21(29)11-15-12-26-19-6-4-3-5-18(15)19;5-3(6,7)1(11)2(12)4(8,9)10/h3-10,12,14,20,26,28H,11,13H2,1-2H3,(H,27,29);/t20-;/m0./s1. The first kappa shape index (κ1) is 33.2. The Bertz CT molecular complexity index is 1320. The lowest BCUT2D eigenvalue weighted by molar-refractivity contribution is -0.193. The number of anilines is 1. The first-order valence-corrected chi connectivity index (χ1v) is 11.8. The molecular weight excluding hydrogens is 573 g/mol. The van der Waals surface area contributed by atoms with Gasteiger partial charge >= 0.3 is 30.1 Å². The molecule has 0 unspecified atom stereocenters.